The molecule has 2 heterocycles. The summed E-state index contributed by atoms with van der Waals surface area (Å²) in [4.78, 5) is 15.4. The largest absolute Gasteiger partial charge is 0.494 e. The Balaban J connectivity index is 1.62. The van der Waals surface area contributed by atoms with Crippen LogP contribution in [0.3, 0.4) is 0 Å². The summed E-state index contributed by atoms with van der Waals surface area (Å²) in [6, 6.07) is 18.2. The maximum Gasteiger partial charge on any atom is 0.449 e. The van der Waals surface area contributed by atoms with Crippen LogP contribution in [-0.4, -0.2) is 26.5 Å². The molecule has 6 nitrogen and oxygen atoms in total. The van der Waals surface area contributed by atoms with Gasteiger partial charge in [0.25, 0.3) is 0 Å². The lowest BCUT2D eigenvalue weighted by Crippen LogP contribution is -2.06. The molecule has 34 heavy (non-hydrogen) atoms. The van der Waals surface area contributed by atoms with E-state index in [1.165, 1.54) is 6.07 Å². The van der Waals surface area contributed by atoms with Gasteiger partial charge in [0.1, 0.15) is 11.6 Å². The molecule has 0 aliphatic rings. The van der Waals surface area contributed by atoms with Gasteiger partial charge in [0.2, 0.25) is 5.82 Å². The summed E-state index contributed by atoms with van der Waals surface area (Å²) in [5.41, 5.74) is 3.70. The molecule has 3 aromatic carbocycles. The van der Waals surface area contributed by atoms with E-state index >= 15 is 0 Å². The van der Waals surface area contributed by atoms with Crippen molar-refractivity contribution in [3.63, 3.8) is 0 Å². The summed E-state index contributed by atoms with van der Waals surface area (Å²) in [6.45, 7) is 4.40. The first-order chi connectivity index (χ1) is 16.3. The van der Waals surface area contributed by atoms with Gasteiger partial charge in [-0.3, -0.25) is 0 Å². The number of nitrogens with one attached hydrogen (secondary N) is 2. The number of aromatic amines is 1. The molecule has 0 atom stereocenters. The SMILES string of the molecule is CCOc1ccc2nc(-c3cccc(C)c3)nc(Nc3ccc4nc(C(F)(F)F)[nH]c4c3)c2c1. The van der Waals surface area contributed by atoms with Gasteiger partial charge in [-0.25, -0.2) is 15.0 Å². The summed E-state index contributed by atoms with van der Waals surface area (Å²) in [7, 11) is 0. The fraction of sp³-hybridized carbons (Fsp3) is 0.160. The van der Waals surface area contributed by atoms with Crippen LogP contribution in [0.2, 0.25) is 0 Å². The Morgan fingerprint density at radius 1 is 0.941 bits per heavy atom. The topological polar surface area (TPSA) is 75.7 Å². The Hall–Kier alpha value is -4.14. The highest BCUT2D eigenvalue weighted by molar-refractivity contribution is 5.94. The number of H-pyrrole nitrogens is 1. The van der Waals surface area contributed by atoms with Crippen LogP contribution in [0.15, 0.2) is 60.7 Å². The van der Waals surface area contributed by atoms with Gasteiger partial charge in [-0.05, 0) is 56.3 Å². The van der Waals surface area contributed by atoms with Crippen molar-refractivity contribution >= 4 is 33.4 Å². The van der Waals surface area contributed by atoms with E-state index in [-0.39, 0.29) is 11.0 Å². The van der Waals surface area contributed by atoms with Gasteiger partial charge in [-0.15, -0.1) is 0 Å². The van der Waals surface area contributed by atoms with E-state index in [0.29, 0.717) is 35.2 Å². The number of hydrogen-bond acceptors (Lipinski definition) is 5. The van der Waals surface area contributed by atoms with Gasteiger partial charge in [-0.2, -0.15) is 13.2 Å². The molecule has 0 aliphatic carbocycles. The van der Waals surface area contributed by atoms with Crippen LogP contribution in [0.5, 0.6) is 5.75 Å². The standard InChI is InChI=1S/C25H20F3N5O/c1-3-34-17-8-10-19-18(13-17)23(33-22(30-19)15-6-4-5-14(2)11-15)29-16-7-9-20-21(12-16)32-24(31-20)25(26,27)28/h4-13H,3H2,1-2H3,(H,31,32)(H,29,30,33). The van der Waals surface area contributed by atoms with Crippen molar-refractivity contribution in [2.45, 2.75) is 20.0 Å². The molecule has 0 unspecified atom stereocenters. The summed E-state index contributed by atoms with van der Waals surface area (Å²) in [6.07, 6.45) is -4.55. The molecule has 0 radical (unpaired) electrons. The van der Waals surface area contributed by atoms with E-state index in [9.17, 15) is 13.2 Å². The zero-order valence-electron chi connectivity index (χ0n) is 18.4. The average molecular weight is 463 g/mol. The highest BCUT2D eigenvalue weighted by Gasteiger charge is 2.34. The van der Waals surface area contributed by atoms with E-state index in [1.807, 2.05) is 56.3 Å². The smallest absolute Gasteiger partial charge is 0.449 e. The first-order valence-electron chi connectivity index (χ1n) is 10.7. The van der Waals surface area contributed by atoms with Gasteiger partial charge in [0.15, 0.2) is 5.82 Å². The summed E-state index contributed by atoms with van der Waals surface area (Å²) < 4.78 is 44.8. The number of imidazole rings is 1. The lowest BCUT2D eigenvalue weighted by Gasteiger charge is -2.13. The third-order valence-corrected chi connectivity index (χ3v) is 5.27. The van der Waals surface area contributed by atoms with Crippen LogP contribution < -0.4 is 10.1 Å². The molecule has 0 amide bonds. The van der Waals surface area contributed by atoms with Crippen molar-refractivity contribution in [3.05, 3.63) is 72.1 Å². The Bertz CT molecular complexity index is 1510. The predicted octanol–water partition coefficient (Wildman–Crippen LogP) is 6.64. The van der Waals surface area contributed by atoms with Crippen LogP contribution >= 0.6 is 0 Å². The van der Waals surface area contributed by atoms with E-state index in [0.717, 1.165) is 16.5 Å². The van der Waals surface area contributed by atoms with Gasteiger partial charge >= 0.3 is 6.18 Å². The second kappa shape index (κ2) is 8.33. The number of halogens is 3. The number of aryl methyl sites for hydroxylation is 1. The number of rotatable bonds is 5. The molecular formula is C25H20F3N5O. The number of alkyl halides is 3. The Kier molecular flexibility index (Phi) is 5.31. The summed E-state index contributed by atoms with van der Waals surface area (Å²) in [5.74, 6) is 0.682. The number of nitrogens with zero attached hydrogens (tertiary/aromatic N) is 3. The normalized spacial score (nSPS) is 11.8. The molecule has 9 heteroatoms. The van der Waals surface area contributed by atoms with Gasteiger partial charge in [0.05, 0.1) is 23.2 Å². The van der Waals surface area contributed by atoms with Crippen LogP contribution in [-0.2, 0) is 6.18 Å². The van der Waals surface area contributed by atoms with Crippen LogP contribution in [0.25, 0.3) is 33.3 Å². The van der Waals surface area contributed by atoms with Crippen LogP contribution in [0, 0.1) is 6.92 Å². The maximum absolute atomic E-state index is 13.0. The lowest BCUT2D eigenvalue weighted by molar-refractivity contribution is -0.144. The minimum absolute atomic E-state index is 0.226. The Morgan fingerprint density at radius 3 is 2.53 bits per heavy atom. The number of hydrogen-bond donors (Lipinski definition) is 2. The average Bonchev–Trinajstić information content (AvgIpc) is 3.24. The van der Waals surface area contributed by atoms with Crippen molar-refractivity contribution in [3.8, 4) is 17.1 Å². The molecule has 0 aliphatic heterocycles. The van der Waals surface area contributed by atoms with Crippen molar-refractivity contribution in [1.82, 2.24) is 19.9 Å². The van der Waals surface area contributed by atoms with Gasteiger partial charge in [0, 0.05) is 16.6 Å². The molecule has 5 aromatic rings. The molecule has 0 spiro atoms. The molecular weight excluding hydrogens is 443 g/mol. The van der Waals surface area contributed by atoms with E-state index in [4.69, 9.17) is 14.7 Å². The molecule has 0 fully saturated rings. The zero-order chi connectivity index (χ0) is 23.9. The zero-order valence-corrected chi connectivity index (χ0v) is 18.4. The summed E-state index contributed by atoms with van der Waals surface area (Å²) in [5, 5.41) is 3.97. The quantitative estimate of drug-likeness (QED) is 0.305. The summed E-state index contributed by atoms with van der Waals surface area (Å²) >= 11 is 0. The molecule has 5 rings (SSSR count). The lowest BCUT2D eigenvalue weighted by atomic mass is 10.1. The predicted molar refractivity (Wildman–Crippen MR) is 125 cm³/mol. The number of anilines is 2. The van der Waals surface area contributed by atoms with E-state index in [2.05, 4.69) is 15.3 Å². The van der Waals surface area contributed by atoms with Crippen molar-refractivity contribution in [1.29, 1.82) is 0 Å². The Labute approximate surface area is 192 Å². The monoisotopic (exact) mass is 463 g/mol. The molecule has 0 saturated heterocycles. The second-order valence-electron chi connectivity index (χ2n) is 7.82. The first kappa shape index (κ1) is 21.7. The van der Waals surface area contributed by atoms with E-state index < -0.39 is 12.0 Å². The molecule has 2 N–H and O–H groups in total. The minimum Gasteiger partial charge on any atom is -0.494 e. The molecule has 2 aromatic heterocycles. The molecule has 172 valence electrons. The van der Waals surface area contributed by atoms with Gasteiger partial charge in [-0.1, -0.05) is 23.8 Å². The van der Waals surface area contributed by atoms with Crippen molar-refractivity contribution < 1.29 is 17.9 Å². The highest BCUT2D eigenvalue weighted by atomic mass is 19.4. The Morgan fingerprint density at radius 2 is 1.76 bits per heavy atom. The third kappa shape index (κ3) is 4.24. The van der Waals surface area contributed by atoms with Crippen LogP contribution in [0.1, 0.15) is 18.3 Å². The van der Waals surface area contributed by atoms with Gasteiger partial charge < -0.3 is 15.0 Å². The fourth-order valence-corrected chi connectivity index (χ4v) is 3.73. The number of benzene rings is 3. The number of ether oxygens (including phenoxy) is 1. The fourth-order valence-electron chi connectivity index (χ4n) is 3.73. The maximum atomic E-state index is 13.0. The first-order valence-corrected chi connectivity index (χ1v) is 10.7. The molecule has 0 saturated carbocycles. The minimum atomic E-state index is -4.55. The number of aromatic nitrogens is 4. The van der Waals surface area contributed by atoms with Crippen molar-refractivity contribution in [2.24, 2.45) is 0 Å². The second-order valence-corrected chi connectivity index (χ2v) is 7.82. The highest BCUT2D eigenvalue weighted by Crippen LogP contribution is 2.32. The third-order valence-electron chi connectivity index (χ3n) is 5.27. The number of fused-ring (bicyclic) bond motifs is 2. The van der Waals surface area contributed by atoms with Crippen molar-refractivity contribution in [2.75, 3.05) is 11.9 Å². The molecule has 0 bridgehead atoms. The van der Waals surface area contributed by atoms with Crippen LogP contribution in [0.4, 0.5) is 24.7 Å². The van der Waals surface area contributed by atoms with E-state index in [1.54, 1.807) is 12.1 Å².